The van der Waals surface area contributed by atoms with E-state index >= 15 is 0 Å². The second kappa shape index (κ2) is 10.5. The first-order valence-electron chi connectivity index (χ1n) is 12.2. The van der Waals surface area contributed by atoms with E-state index < -0.39 is 4.92 Å². The topological polar surface area (TPSA) is 121 Å². The van der Waals surface area contributed by atoms with Crippen molar-refractivity contribution in [3.63, 3.8) is 0 Å². The van der Waals surface area contributed by atoms with Crippen molar-refractivity contribution in [3.05, 3.63) is 92.2 Å². The number of rotatable bonds is 7. The summed E-state index contributed by atoms with van der Waals surface area (Å²) in [5.41, 5.74) is 4.42. The lowest BCUT2D eigenvalue weighted by atomic mass is 9.89. The van der Waals surface area contributed by atoms with Crippen molar-refractivity contribution in [1.82, 2.24) is 20.2 Å². The smallest absolute Gasteiger partial charge is 0.324 e. The molecule has 2 N–H and O–H groups in total. The average Bonchev–Trinajstić information content (AvgIpc) is 3.56. The molecule has 0 bridgehead atoms. The summed E-state index contributed by atoms with van der Waals surface area (Å²) in [5.74, 6) is -0.285. The molecular weight excluding hydrogens is 490 g/mol. The van der Waals surface area contributed by atoms with Crippen LogP contribution in [0, 0.1) is 17.0 Å². The molecule has 3 aromatic heterocycles. The molecule has 1 aliphatic rings. The first-order chi connectivity index (χ1) is 17.9. The number of fused-ring (bicyclic) bond motifs is 1. The largest absolute Gasteiger partial charge is 0.361 e. The fourth-order valence-electron chi connectivity index (χ4n) is 4.88. The highest BCUT2D eigenvalue weighted by atomic mass is 32.1. The molecule has 1 fully saturated rings. The minimum Gasteiger partial charge on any atom is -0.361 e. The number of likely N-dealkylation sites (tertiary alicyclic amines) is 1. The van der Waals surface area contributed by atoms with Gasteiger partial charge in [-0.15, -0.1) is 0 Å². The number of aromatic nitrogens is 2. The molecule has 4 heterocycles. The number of aromatic amines is 1. The number of para-hydroxylation sites is 1. The van der Waals surface area contributed by atoms with Crippen LogP contribution < -0.4 is 5.32 Å². The standard InChI is InChI=1S/C27H27N5O4S/c1-17-6-7-21(26(33)28-13-10-19-16-29-22-5-3-2-4-20(19)22)25(30-17)18-11-14-31(15-12-18)27(34)23-8-9-24(37-23)32(35)36/h2-9,16,18,29H,10-15H2,1H3,(H,28,33). The maximum atomic E-state index is 13.1. The second-order valence-electron chi connectivity index (χ2n) is 9.21. The molecule has 0 aliphatic carbocycles. The molecule has 10 heteroatoms. The van der Waals surface area contributed by atoms with E-state index in [0.29, 0.717) is 49.3 Å². The third-order valence-electron chi connectivity index (χ3n) is 6.81. The molecule has 4 aromatic rings. The first-order valence-corrected chi connectivity index (χ1v) is 13.1. The Bertz CT molecular complexity index is 1470. The number of nitrogens with zero attached hydrogens (tertiary/aromatic N) is 3. The third-order valence-corrected chi connectivity index (χ3v) is 7.84. The summed E-state index contributed by atoms with van der Waals surface area (Å²) < 4.78 is 0. The molecule has 0 spiro atoms. The Morgan fingerprint density at radius 2 is 1.95 bits per heavy atom. The van der Waals surface area contributed by atoms with Crippen molar-refractivity contribution >= 4 is 39.1 Å². The molecule has 0 atom stereocenters. The molecule has 0 unspecified atom stereocenters. The van der Waals surface area contributed by atoms with Crippen LogP contribution in [0.1, 0.15) is 55.7 Å². The molecule has 0 radical (unpaired) electrons. The van der Waals surface area contributed by atoms with E-state index in [0.717, 1.165) is 39.2 Å². The van der Waals surface area contributed by atoms with E-state index in [1.54, 1.807) is 4.90 Å². The number of carbonyl (C=O) groups excluding carboxylic acids is 2. The van der Waals surface area contributed by atoms with E-state index in [1.807, 2.05) is 43.5 Å². The highest BCUT2D eigenvalue weighted by Crippen LogP contribution is 2.32. The van der Waals surface area contributed by atoms with Gasteiger partial charge in [-0.3, -0.25) is 24.7 Å². The van der Waals surface area contributed by atoms with Crippen LogP contribution >= 0.6 is 11.3 Å². The number of nitro groups is 1. The number of hydrogen-bond donors (Lipinski definition) is 2. The fourth-order valence-corrected chi connectivity index (χ4v) is 5.67. The number of thiophene rings is 1. The fraction of sp³-hybridized carbons (Fsp3) is 0.296. The van der Waals surface area contributed by atoms with Gasteiger partial charge in [-0.1, -0.05) is 29.5 Å². The van der Waals surface area contributed by atoms with E-state index in [-0.39, 0.29) is 22.7 Å². The van der Waals surface area contributed by atoms with Gasteiger partial charge in [0.15, 0.2) is 0 Å². The van der Waals surface area contributed by atoms with E-state index in [9.17, 15) is 19.7 Å². The summed E-state index contributed by atoms with van der Waals surface area (Å²) in [6, 6.07) is 14.7. The highest BCUT2D eigenvalue weighted by molar-refractivity contribution is 7.17. The zero-order valence-electron chi connectivity index (χ0n) is 20.4. The summed E-state index contributed by atoms with van der Waals surface area (Å²) in [6.07, 6.45) is 4.04. The summed E-state index contributed by atoms with van der Waals surface area (Å²) in [7, 11) is 0. The van der Waals surface area contributed by atoms with Gasteiger partial charge in [-0.25, -0.2) is 0 Å². The van der Waals surface area contributed by atoms with Gasteiger partial charge >= 0.3 is 5.00 Å². The molecule has 1 aromatic carbocycles. The molecule has 5 rings (SSSR count). The van der Waals surface area contributed by atoms with Gasteiger partial charge in [-0.05, 0) is 56.0 Å². The Hall–Kier alpha value is -4.05. The number of hydrogen-bond acceptors (Lipinski definition) is 6. The lowest BCUT2D eigenvalue weighted by molar-refractivity contribution is -0.380. The van der Waals surface area contributed by atoms with Crippen LogP contribution in [0.25, 0.3) is 10.9 Å². The Labute approximate surface area is 217 Å². The monoisotopic (exact) mass is 517 g/mol. The number of carbonyl (C=O) groups is 2. The quantitative estimate of drug-likeness (QED) is 0.269. The normalized spacial score (nSPS) is 14.1. The first kappa shape index (κ1) is 24.6. The van der Waals surface area contributed by atoms with Crippen LogP contribution in [0.15, 0.2) is 54.7 Å². The van der Waals surface area contributed by atoms with Crippen molar-refractivity contribution in [2.24, 2.45) is 0 Å². The number of benzene rings is 1. The maximum absolute atomic E-state index is 13.1. The van der Waals surface area contributed by atoms with Gasteiger partial charge in [0, 0.05) is 54.4 Å². The van der Waals surface area contributed by atoms with Gasteiger partial charge in [0.2, 0.25) is 0 Å². The summed E-state index contributed by atoms with van der Waals surface area (Å²) in [4.78, 5) is 46.5. The van der Waals surface area contributed by atoms with Gasteiger partial charge in [0.25, 0.3) is 11.8 Å². The molecule has 1 aliphatic heterocycles. The average molecular weight is 518 g/mol. The van der Waals surface area contributed by atoms with E-state index in [2.05, 4.69) is 16.4 Å². The zero-order chi connectivity index (χ0) is 25.9. The minimum atomic E-state index is -0.482. The Morgan fingerprint density at radius 1 is 1.16 bits per heavy atom. The number of nitrogens with one attached hydrogen (secondary N) is 2. The van der Waals surface area contributed by atoms with Crippen LogP contribution in [0.4, 0.5) is 5.00 Å². The van der Waals surface area contributed by atoms with Crippen LogP contribution in [0.3, 0.4) is 0 Å². The zero-order valence-corrected chi connectivity index (χ0v) is 21.2. The van der Waals surface area contributed by atoms with Crippen LogP contribution in [-0.2, 0) is 6.42 Å². The number of piperidine rings is 1. The number of aryl methyl sites for hydroxylation is 1. The molecule has 9 nitrogen and oxygen atoms in total. The summed E-state index contributed by atoms with van der Waals surface area (Å²) >= 11 is 0.898. The SMILES string of the molecule is Cc1ccc(C(=O)NCCc2c[nH]c3ccccc23)c(C2CCN(C(=O)c3ccc([N+](=O)[O-])s3)CC2)n1. The summed E-state index contributed by atoms with van der Waals surface area (Å²) in [5, 5.41) is 15.1. The van der Waals surface area contributed by atoms with Crippen molar-refractivity contribution < 1.29 is 14.5 Å². The van der Waals surface area contributed by atoms with Gasteiger partial charge in [-0.2, -0.15) is 0 Å². The number of pyridine rings is 1. The Balaban J connectivity index is 1.22. The number of H-pyrrole nitrogens is 1. The second-order valence-corrected chi connectivity index (χ2v) is 10.3. The van der Waals surface area contributed by atoms with Gasteiger partial charge in [0.05, 0.1) is 21.1 Å². The lowest BCUT2D eigenvalue weighted by Gasteiger charge is -2.32. The molecule has 190 valence electrons. The lowest BCUT2D eigenvalue weighted by Crippen LogP contribution is -2.38. The summed E-state index contributed by atoms with van der Waals surface area (Å²) in [6.45, 7) is 3.43. The van der Waals surface area contributed by atoms with Crippen LogP contribution in [-0.4, -0.2) is 51.2 Å². The van der Waals surface area contributed by atoms with E-state index in [4.69, 9.17) is 4.98 Å². The van der Waals surface area contributed by atoms with Crippen LogP contribution in [0.5, 0.6) is 0 Å². The molecular formula is C27H27N5O4S. The van der Waals surface area contributed by atoms with Crippen molar-refractivity contribution in [2.45, 2.75) is 32.1 Å². The van der Waals surface area contributed by atoms with E-state index in [1.165, 1.54) is 12.1 Å². The van der Waals surface area contributed by atoms with Gasteiger partial charge in [0.1, 0.15) is 0 Å². The molecule has 37 heavy (non-hydrogen) atoms. The predicted molar refractivity (Wildman–Crippen MR) is 142 cm³/mol. The van der Waals surface area contributed by atoms with Crippen molar-refractivity contribution in [3.8, 4) is 0 Å². The number of amides is 2. The molecule has 2 amide bonds. The van der Waals surface area contributed by atoms with Crippen LogP contribution in [0.2, 0.25) is 0 Å². The van der Waals surface area contributed by atoms with Crippen molar-refractivity contribution in [1.29, 1.82) is 0 Å². The van der Waals surface area contributed by atoms with Gasteiger partial charge < -0.3 is 15.2 Å². The Morgan fingerprint density at radius 3 is 2.70 bits per heavy atom. The van der Waals surface area contributed by atoms with Crippen molar-refractivity contribution in [2.75, 3.05) is 19.6 Å². The predicted octanol–water partition coefficient (Wildman–Crippen LogP) is 4.83. The molecule has 0 saturated carbocycles. The maximum Gasteiger partial charge on any atom is 0.324 e. The highest BCUT2D eigenvalue weighted by Gasteiger charge is 2.29. The molecule has 1 saturated heterocycles. The minimum absolute atomic E-state index is 0.0393. The Kier molecular flexibility index (Phi) is 7.00. The third kappa shape index (κ3) is 5.24.